The maximum atomic E-state index is 14.5. The molecule has 0 unspecified atom stereocenters. The van der Waals surface area contributed by atoms with Gasteiger partial charge in [-0.1, -0.05) is 6.07 Å². The molecule has 1 N–H and O–H groups in total. The molecule has 2 heterocycles. The molecule has 1 aliphatic rings. The molecule has 8 heteroatoms. The quantitative estimate of drug-likeness (QED) is 0.729. The molecule has 3 aromatic rings. The molecule has 29 heavy (non-hydrogen) atoms. The first-order valence-electron chi connectivity index (χ1n) is 9.21. The second-order valence-electron chi connectivity index (χ2n) is 7.07. The van der Waals surface area contributed by atoms with Crippen molar-refractivity contribution in [1.29, 1.82) is 0 Å². The monoisotopic (exact) mass is 400 g/mol. The van der Waals surface area contributed by atoms with Crippen LogP contribution < -0.4 is 10.2 Å². The molecule has 1 saturated heterocycles. The van der Waals surface area contributed by atoms with E-state index in [-0.39, 0.29) is 11.6 Å². The van der Waals surface area contributed by atoms with Crippen LogP contribution in [-0.2, 0) is 7.05 Å². The van der Waals surface area contributed by atoms with Crippen molar-refractivity contribution < 1.29 is 18.0 Å². The van der Waals surface area contributed by atoms with Gasteiger partial charge in [0.05, 0.1) is 11.3 Å². The Kier molecular flexibility index (Phi) is 5.00. The van der Waals surface area contributed by atoms with Gasteiger partial charge in [-0.05, 0) is 36.8 Å². The average Bonchev–Trinajstić information content (AvgIpc) is 3.33. The maximum absolute atomic E-state index is 14.5. The SMILES string of the molecule is Cn1ccc(-c2ccc(C(=O)N[C@H]3CCN(c4ccc(F)c(F)c4)C3)c(F)c2)n1. The summed E-state index contributed by atoms with van der Waals surface area (Å²) in [5, 5.41) is 7.04. The summed E-state index contributed by atoms with van der Waals surface area (Å²) in [5.74, 6) is -2.94. The number of carbonyl (C=O) groups is 1. The lowest BCUT2D eigenvalue weighted by molar-refractivity contribution is 0.0936. The van der Waals surface area contributed by atoms with Crippen LogP contribution in [-0.4, -0.2) is 34.8 Å². The molecule has 1 aliphatic heterocycles. The standard InChI is InChI=1S/C21H19F3N4O/c1-27-8-7-20(26-27)13-2-4-16(18(23)10-13)21(29)25-14-6-9-28(12-14)15-3-5-17(22)19(24)11-15/h2-5,7-8,10-11,14H,6,9,12H2,1H3,(H,25,29)/t14-/m0/s1. The third kappa shape index (κ3) is 3.96. The number of aromatic nitrogens is 2. The fourth-order valence-corrected chi connectivity index (χ4v) is 3.49. The van der Waals surface area contributed by atoms with Gasteiger partial charge < -0.3 is 10.2 Å². The van der Waals surface area contributed by atoms with Crippen LogP contribution in [0, 0.1) is 17.5 Å². The van der Waals surface area contributed by atoms with Gasteiger partial charge in [0.2, 0.25) is 0 Å². The second kappa shape index (κ2) is 7.62. The smallest absolute Gasteiger partial charge is 0.254 e. The zero-order valence-electron chi connectivity index (χ0n) is 15.7. The van der Waals surface area contributed by atoms with Gasteiger partial charge in [0.1, 0.15) is 5.82 Å². The molecule has 1 amide bonds. The van der Waals surface area contributed by atoms with Crippen molar-refractivity contribution in [2.45, 2.75) is 12.5 Å². The lowest BCUT2D eigenvalue weighted by Crippen LogP contribution is -2.37. The summed E-state index contributed by atoms with van der Waals surface area (Å²) in [6, 6.07) is 9.65. The summed E-state index contributed by atoms with van der Waals surface area (Å²) in [6.45, 7) is 1.02. The van der Waals surface area contributed by atoms with Crippen molar-refractivity contribution in [3.8, 4) is 11.3 Å². The van der Waals surface area contributed by atoms with Crippen LogP contribution in [0.5, 0.6) is 0 Å². The van der Waals surface area contributed by atoms with E-state index in [1.165, 1.54) is 18.2 Å². The lowest BCUT2D eigenvalue weighted by atomic mass is 10.1. The summed E-state index contributed by atoms with van der Waals surface area (Å²) in [5.41, 5.74) is 1.71. The Hall–Kier alpha value is -3.29. The van der Waals surface area contributed by atoms with Gasteiger partial charge in [-0.3, -0.25) is 9.48 Å². The highest BCUT2D eigenvalue weighted by atomic mass is 19.2. The Balaban J connectivity index is 1.42. The van der Waals surface area contributed by atoms with Crippen LogP contribution in [0.25, 0.3) is 11.3 Å². The van der Waals surface area contributed by atoms with Crippen molar-refractivity contribution in [2.75, 3.05) is 18.0 Å². The first-order chi connectivity index (χ1) is 13.9. The van der Waals surface area contributed by atoms with Crippen LogP contribution in [0.2, 0.25) is 0 Å². The minimum Gasteiger partial charge on any atom is -0.369 e. The number of carbonyl (C=O) groups excluding carboxylic acids is 1. The van der Waals surface area contributed by atoms with Gasteiger partial charge in [0.25, 0.3) is 5.91 Å². The molecule has 0 saturated carbocycles. The molecule has 0 spiro atoms. The van der Waals surface area contributed by atoms with Crippen molar-refractivity contribution in [3.63, 3.8) is 0 Å². The first kappa shape index (κ1) is 19.0. The number of aryl methyl sites for hydroxylation is 1. The van der Waals surface area contributed by atoms with E-state index in [4.69, 9.17) is 0 Å². The van der Waals surface area contributed by atoms with Gasteiger partial charge >= 0.3 is 0 Å². The van der Waals surface area contributed by atoms with Gasteiger partial charge in [0.15, 0.2) is 11.6 Å². The molecule has 150 valence electrons. The van der Waals surface area contributed by atoms with Crippen molar-refractivity contribution in [3.05, 3.63) is 71.7 Å². The maximum Gasteiger partial charge on any atom is 0.254 e. The fourth-order valence-electron chi connectivity index (χ4n) is 3.49. The van der Waals surface area contributed by atoms with E-state index in [1.807, 2.05) is 4.90 Å². The minimum absolute atomic E-state index is 0.0454. The van der Waals surface area contributed by atoms with Crippen molar-refractivity contribution >= 4 is 11.6 Å². The predicted molar refractivity (Wildman–Crippen MR) is 103 cm³/mol. The molecule has 1 aromatic heterocycles. The predicted octanol–water partition coefficient (Wildman–Crippen LogP) is 3.51. The van der Waals surface area contributed by atoms with Crippen molar-refractivity contribution in [1.82, 2.24) is 15.1 Å². The molecular formula is C21H19F3N4O. The Morgan fingerprint density at radius 3 is 2.59 bits per heavy atom. The van der Waals surface area contributed by atoms with Gasteiger partial charge in [-0.25, -0.2) is 13.2 Å². The number of halogens is 3. The van der Waals surface area contributed by atoms with E-state index >= 15 is 0 Å². The summed E-state index contributed by atoms with van der Waals surface area (Å²) >= 11 is 0. The van der Waals surface area contributed by atoms with Crippen LogP contribution in [0.15, 0.2) is 48.7 Å². The summed E-state index contributed by atoms with van der Waals surface area (Å²) in [7, 11) is 1.77. The number of rotatable bonds is 4. The molecule has 2 aromatic carbocycles. The molecule has 1 fully saturated rings. The van der Waals surface area contributed by atoms with E-state index in [1.54, 1.807) is 30.1 Å². The Labute approximate surface area is 165 Å². The zero-order chi connectivity index (χ0) is 20.5. The molecule has 4 rings (SSSR count). The van der Waals surface area contributed by atoms with E-state index in [0.29, 0.717) is 36.5 Å². The van der Waals surface area contributed by atoms with E-state index < -0.39 is 23.4 Å². The number of benzene rings is 2. The summed E-state index contributed by atoms with van der Waals surface area (Å²) in [6.07, 6.45) is 2.38. The molecule has 0 aliphatic carbocycles. The number of amides is 1. The number of hydrogen-bond donors (Lipinski definition) is 1. The zero-order valence-corrected chi connectivity index (χ0v) is 15.7. The number of nitrogens with zero attached hydrogens (tertiary/aromatic N) is 3. The van der Waals surface area contributed by atoms with Crippen LogP contribution in [0.4, 0.5) is 18.9 Å². The largest absolute Gasteiger partial charge is 0.369 e. The highest BCUT2D eigenvalue weighted by Crippen LogP contribution is 2.24. The molecule has 1 atom stereocenters. The van der Waals surface area contributed by atoms with Gasteiger partial charge in [-0.2, -0.15) is 5.10 Å². The molecule has 0 bridgehead atoms. The Morgan fingerprint density at radius 1 is 1.07 bits per heavy atom. The average molecular weight is 400 g/mol. The second-order valence-corrected chi connectivity index (χ2v) is 7.07. The molecule has 0 radical (unpaired) electrons. The van der Waals surface area contributed by atoms with Crippen molar-refractivity contribution in [2.24, 2.45) is 7.05 Å². The highest BCUT2D eigenvalue weighted by molar-refractivity contribution is 5.95. The van der Waals surface area contributed by atoms with Crippen LogP contribution >= 0.6 is 0 Å². The topological polar surface area (TPSA) is 50.2 Å². The van der Waals surface area contributed by atoms with Gasteiger partial charge in [-0.15, -0.1) is 0 Å². The normalized spacial score (nSPS) is 16.3. The number of anilines is 1. The molecule has 5 nitrogen and oxygen atoms in total. The van der Waals surface area contributed by atoms with Gasteiger partial charge in [0, 0.05) is 49.7 Å². The summed E-state index contributed by atoms with van der Waals surface area (Å²) in [4.78, 5) is 14.4. The van der Waals surface area contributed by atoms with Crippen LogP contribution in [0.3, 0.4) is 0 Å². The van der Waals surface area contributed by atoms with Crippen LogP contribution in [0.1, 0.15) is 16.8 Å². The number of hydrogen-bond acceptors (Lipinski definition) is 3. The summed E-state index contributed by atoms with van der Waals surface area (Å²) < 4.78 is 42.7. The fraction of sp³-hybridized carbons (Fsp3) is 0.238. The van der Waals surface area contributed by atoms with E-state index in [9.17, 15) is 18.0 Å². The number of nitrogens with one attached hydrogen (secondary N) is 1. The highest BCUT2D eigenvalue weighted by Gasteiger charge is 2.26. The minimum atomic E-state index is -0.912. The van der Waals surface area contributed by atoms with E-state index in [2.05, 4.69) is 10.4 Å². The first-order valence-corrected chi connectivity index (χ1v) is 9.21. The Bertz CT molecular complexity index is 1070. The third-order valence-electron chi connectivity index (χ3n) is 5.01. The third-order valence-corrected chi connectivity index (χ3v) is 5.01. The lowest BCUT2D eigenvalue weighted by Gasteiger charge is -2.19. The Morgan fingerprint density at radius 2 is 1.90 bits per heavy atom. The van der Waals surface area contributed by atoms with E-state index in [0.717, 1.165) is 12.1 Å². The molecular weight excluding hydrogens is 381 g/mol.